The smallest absolute Gasteiger partial charge is 0.336 e. The van der Waals surface area contributed by atoms with Crippen LogP contribution in [0.25, 0.3) is 10.9 Å². The summed E-state index contributed by atoms with van der Waals surface area (Å²) in [7, 11) is 0. The van der Waals surface area contributed by atoms with Crippen LogP contribution in [0.15, 0.2) is 48.7 Å². The minimum Gasteiger partial charge on any atom is -0.493 e. The van der Waals surface area contributed by atoms with Crippen LogP contribution in [0.1, 0.15) is 36.7 Å². The molecule has 0 spiro atoms. The molecule has 0 saturated carbocycles. The van der Waals surface area contributed by atoms with Crippen molar-refractivity contribution in [3.63, 3.8) is 0 Å². The Bertz CT molecular complexity index is 954. The summed E-state index contributed by atoms with van der Waals surface area (Å²) in [5.41, 5.74) is 2.18. The van der Waals surface area contributed by atoms with Crippen molar-refractivity contribution < 1.29 is 14.6 Å². The van der Waals surface area contributed by atoms with Gasteiger partial charge in [0.15, 0.2) is 0 Å². The molecule has 1 heterocycles. The predicted molar refractivity (Wildman–Crippen MR) is 104 cm³/mol. The Morgan fingerprint density at radius 1 is 1.19 bits per heavy atom. The van der Waals surface area contributed by atoms with Gasteiger partial charge >= 0.3 is 5.97 Å². The van der Waals surface area contributed by atoms with E-state index in [1.807, 2.05) is 41.1 Å². The molecule has 1 N–H and O–H groups in total. The van der Waals surface area contributed by atoms with Crippen LogP contribution < -0.4 is 4.74 Å². The molecule has 1 aromatic heterocycles. The highest BCUT2D eigenvalue weighted by atomic mass is 35.5. The van der Waals surface area contributed by atoms with Crippen molar-refractivity contribution in [2.45, 2.75) is 27.3 Å². The number of hydrogen-bond donors (Lipinski definition) is 1. The molecule has 0 amide bonds. The number of fused-ring (bicyclic) bond motifs is 1. The minimum absolute atomic E-state index is 0.0490. The highest BCUT2D eigenvalue weighted by Crippen LogP contribution is 2.28. The Morgan fingerprint density at radius 3 is 2.65 bits per heavy atom. The van der Waals surface area contributed by atoms with Gasteiger partial charge in [-0.25, -0.2) is 4.79 Å². The maximum absolute atomic E-state index is 11.4. The van der Waals surface area contributed by atoms with E-state index in [4.69, 9.17) is 16.3 Å². The molecule has 0 aliphatic heterocycles. The monoisotopic (exact) mass is 371 g/mol. The summed E-state index contributed by atoms with van der Waals surface area (Å²) < 4.78 is 8.02. The zero-order chi connectivity index (χ0) is 18.9. The van der Waals surface area contributed by atoms with Gasteiger partial charge < -0.3 is 14.4 Å². The van der Waals surface area contributed by atoms with Gasteiger partial charge in [0.1, 0.15) is 5.75 Å². The van der Waals surface area contributed by atoms with Crippen molar-refractivity contribution >= 4 is 28.5 Å². The summed E-state index contributed by atoms with van der Waals surface area (Å²) >= 11 is 6.19. The molecule has 0 unspecified atom stereocenters. The summed E-state index contributed by atoms with van der Waals surface area (Å²) in [5.74, 6) is -0.133. The van der Waals surface area contributed by atoms with Crippen LogP contribution in [0.2, 0.25) is 5.02 Å². The predicted octanol–water partition coefficient (Wildman–Crippen LogP) is 5.47. The average Bonchev–Trinajstić information content (AvgIpc) is 2.96. The summed E-state index contributed by atoms with van der Waals surface area (Å²) in [5, 5.41) is 10.7. The van der Waals surface area contributed by atoms with Gasteiger partial charge in [0, 0.05) is 27.7 Å². The SMILES string of the molecule is CC(C)(C)COc1ccc(Cl)cc1Cn1ccc2c(C(=O)O)cccc21. The van der Waals surface area contributed by atoms with E-state index in [1.54, 1.807) is 12.1 Å². The number of aromatic carboxylic acids is 1. The Morgan fingerprint density at radius 2 is 1.96 bits per heavy atom. The molecule has 0 aliphatic carbocycles. The highest BCUT2D eigenvalue weighted by molar-refractivity contribution is 6.30. The van der Waals surface area contributed by atoms with Crippen LogP contribution in [-0.2, 0) is 6.54 Å². The fourth-order valence-corrected chi connectivity index (χ4v) is 3.03. The molecule has 2 aromatic carbocycles. The van der Waals surface area contributed by atoms with E-state index in [-0.39, 0.29) is 5.41 Å². The molecule has 0 aliphatic rings. The number of carbonyl (C=O) groups is 1. The Balaban J connectivity index is 1.96. The van der Waals surface area contributed by atoms with E-state index in [9.17, 15) is 9.90 Å². The number of benzene rings is 2. The molecule has 0 bridgehead atoms. The highest BCUT2D eigenvalue weighted by Gasteiger charge is 2.15. The summed E-state index contributed by atoms with van der Waals surface area (Å²) in [6.45, 7) is 7.50. The molecule has 0 saturated heterocycles. The van der Waals surface area contributed by atoms with Gasteiger partial charge in [-0.3, -0.25) is 0 Å². The molecule has 0 radical (unpaired) electrons. The number of carboxylic acids is 1. The lowest BCUT2D eigenvalue weighted by atomic mass is 9.98. The van der Waals surface area contributed by atoms with E-state index >= 15 is 0 Å². The van der Waals surface area contributed by atoms with E-state index in [0.717, 1.165) is 22.2 Å². The van der Waals surface area contributed by atoms with E-state index in [0.29, 0.717) is 23.7 Å². The zero-order valence-electron chi connectivity index (χ0n) is 15.1. The quantitative estimate of drug-likeness (QED) is 0.647. The molecule has 0 fully saturated rings. The second-order valence-corrected chi connectivity index (χ2v) is 8.02. The Hall–Kier alpha value is -2.46. The zero-order valence-corrected chi connectivity index (χ0v) is 15.9. The van der Waals surface area contributed by atoms with Crippen molar-refractivity contribution in [2.75, 3.05) is 6.61 Å². The van der Waals surface area contributed by atoms with Gasteiger partial charge in [-0.2, -0.15) is 0 Å². The van der Waals surface area contributed by atoms with Gasteiger partial charge in [0.05, 0.1) is 18.7 Å². The third-order valence-corrected chi connectivity index (χ3v) is 4.30. The molecular formula is C21H22ClNO3. The van der Waals surface area contributed by atoms with Crippen molar-refractivity contribution in [1.29, 1.82) is 0 Å². The minimum atomic E-state index is -0.926. The molecule has 136 valence electrons. The standard InChI is InChI=1S/C21H22ClNO3/c1-21(2,3)13-26-19-8-7-15(22)11-14(19)12-23-10-9-16-17(20(24)25)5-4-6-18(16)23/h4-11H,12-13H2,1-3H3,(H,24,25). The Labute approximate surface area is 158 Å². The third kappa shape index (κ3) is 4.02. The average molecular weight is 372 g/mol. The van der Waals surface area contributed by atoms with Crippen molar-refractivity contribution in [3.05, 3.63) is 64.8 Å². The number of hydrogen-bond acceptors (Lipinski definition) is 2. The second-order valence-electron chi connectivity index (χ2n) is 7.59. The lowest BCUT2D eigenvalue weighted by Gasteiger charge is -2.21. The van der Waals surface area contributed by atoms with Gasteiger partial charge in [-0.1, -0.05) is 38.4 Å². The number of carboxylic acid groups (broad SMARTS) is 1. The van der Waals surface area contributed by atoms with Gasteiger partial charge in [0.25, 0.3) is 0 Å². The number of ether oxygens (including phenoxy) is 1. The molecule has 4 nitrogen and oxygen atoms in total. The molecule has 5 heteroatoms. The molecular weight excluding hydrogens is 350 g/mol. The van der Waals surface area contributed by atoms with Crippen LogP contribution in [-0.4, -0.2) is 22.2 Å². The number of rotatable bonds is 5. The van der Waals surface area contributed by atoms with Gasteiger partial charge in [0.2, 0.25) is 0 Å². The Kier molecular flexibility index (Phi) is 4.97. The number of halogens is 1. The summed E-state index contributed by atoms with van der Waals surface area (Å²) in [4.78, 5) is 11.4. The first kappa shape index (κ1) is 18.3. The molecule has 3 rings (SSSR count). The van der Waals surface area contributed by atoms with Crippen LogP contribution in [0, 0.1) is 5.41 Å². The molecule has 0 atom stereocenters. The maximum Gasteiger partial charge on any atom is 0.336 e. The lowest BCUT2D eigenvalue weighted by Crippen LogP contribution is -2.17. The van der Waals surface area contributed by atoms with Crippen LogP contribution in [0.5, 0.6) is 5.75 Å². The third-order valence-electron chi connectivity index (χ3n) is 4.07. The maximum atomic E-state index is 11.4. The normalized spacial score (nSPS) is 11.7. The van der Waals surface area contributed by atoms with E-state index in [2.05, 4.69) is 20.8 Å². The molecule has 3 aromatic rings. The second kappa shape index (κ2) is 7.04. The first-order chi connectivity index (χ1) is 12.2. The summed E-state index contributed by atoms with van der Waals surface area (Å²) in [6, 6.07) is 12.7. The number of nitrogens with zero attached hydrogens (tertiary/aromatic N) is 1. The van der Waals surface area contributed by atoms with Crippen molar-refractivity contribution in [2.24, 2.45) is 5.41 Å². The first-order valence-electron chi connectivity index (χ1n) is 8.47. The van der Waals surface area contributed by atoms with Gasteiger partial charge in [-0.05, 0) is 41.8 Å². The van der Waals surface area contributed by atoms with Crippen LogP contribution in [0.3, 0.4) is 0 Å². The largest absolute Gasteiger partial charge is 0.493 e. The summed E-state index contributed by atoms with van der Waals surface area (Å²) in [6.07, 6.45) is 1.89. The first-order valence-corrected chi connectivity index (χ1v) is 8.85. The lowest BCUT2D eigenvalue weighted by molar-refractivity contribution is 0.0699. The van der Waals surface area contributed by atoms with Crippen LogP contribution in [0.4, 0.5) is 0 Å². The van der Waals surface area contributed by atoms with E-state index in [1.165, 1.54) is 0 Å². The fourth-order valence-electron chi connectivity index (χ4n) is 2.84. The van der Waals surface area contributed by atoms with Gasteiger partial charge in [-0.15, -0.1) is 0 Å². The molecule has 26 heavy (non-hydrogen) atoms. The van der Waals surface area contributed by atoms with E-state index < -0.39 is 5.97 Å². The van der Waals surface area contributed by atoms with Crippen LogP contribution >= 0.6 is 11.6 Å². The van der Waals surface area contributed by atoms with Crippen molar-refractivity contribution in [3.8, 4) is 5.75 Å². The number of aromatic nitrogens is 1. The van der Waals surface area contributed by atoms with Crippen molar-refractivity contribution in [1.82, 2.24) is 4.57 Å². The topological polar surface area (TPSA) is 51.5 Å². The fraction of sp³-hybridized carbons (Fsp3) is 0.286.